The van der Waals surface area contributed by atoms with Crippen molar-refractivity contribution in [3.05, 3.63) is 65.8 Å². The average molecular weight is 243 g/mol. The molecule has 0 bridgehead atoms. The highest BCUT2D eigenvalue weighted by Crippen LogP contribution is 2.17. The largest absolute Gasteiger partial charge is 0.256 e. The van der Waals surface area contributed by atoms with Crippen molar-refractivity contribution < 1.29 is 4.39 Å². The summed E-state index contributed by atoms with van der Waals surface area (Å²) in [4.78, 5) is 4.43. The number of pyridine rings is 1. The van der Waals surface area contributed by atoms with Crippen molar-refractivity contribution in [1.29, 1.82) is 0 Å². The van der Waals surface area contributed by atoms with Crippen molar-refractivity contribution in [3.8, 4) is 0 Å². The van der Waals surface area contributed by atoms with Gasteiger partial charge in [-0.15, -0.1) is 0 Å². The van der Waals surface area contributed by atoms with Crippen LogP contribution in [-0.4, -0.2) is 4.98 Å². The lowest BCUT2D eigenvalue weighted by Crippen LogP contribution is -1.91. The smallest absolute Gasteiger partial charge is 0.116 e. The Hall–Kier alpha value is -1.96. The van der Waals surface area contributed by atoms with Crippen molar-refractivity contribution >= 4 is 11.6 Å². The van der Waals surface area contributed by atoms with Crippen LogP contribution in [0.25, 0.3) is 11.6 Å². The Morgan fingerprint density at radius 2 is 2.11 bits per heavy atom. The summed E-state index contributed by atoms with van der Waals surface area (Å²) in [6, 6.07) is 2.06. The second kappa shape index (κ2) is 6.70. The van der Waals surface area contributed by atoms with Gasteiger partial charge in [0.2, 0.25) is 0 Å². The van der Waals surface area contributed by atoms with Gasteiger partial charge in [0.25, 0.3) is 0 Å². The summed E-state index contributed by atoms with van der Waals surface area (Å²) in [5.74, 6) is -0.451. The first-order valence-electron chi connectivity index (χ1n) is 5.83. The monoisotopic (exact) mass is 243 g/mol. The lowest BCUT2D eigenvalue weighted by atomic mass is 10.1. The van der Waals surface area contributed by atoms with Gasteiger partial charge < -0.3 is 0 Å². The predicted molar refractivity (Wildman–Crippen MR) is 76.7 cm³/mol. The number of hydrogen-bond acceptors (Lipinski definition) is 1. The molecule has 0 aliphatic rings. The SMILES string of the molecule is C=C(F)/C=C\C=Cc1cnc(/C(C)=C\C)c(C)c1. The molecular formula is C16H18FN. The Balaban J connectivity index is 2.88. The Morgan fingerprint density at radius 1 is 1.39 bits per heavy atom. The summed E-state index contributed by atoms with van der Waals surface area (Å²) in [7, 11) is 0. The minimum Gasteiger partial charge on any atom is -0.256 e. The van der Waals surface area contributed by atoms with E-state index in [4.69, 9.17) is 0 Å². The number of allylic oxidation sites excluding steroid dienone is 6. The van der Waals surface area contributed by atoms with E-state index in [1.54, 1.807) is 12.2 Å². The van der Waals surface area contributed by atoms with E-state index < -0.39 is 5.83 Å². The third-order valence-electron chi connectivity index (χ3n) is 2.58. The second-order valence-electron chi connectivity index (χ2n) is 4.07. The summed E-state index contributed by atoms with van der Waals surface area (Å²) >= 11 is 0. The zero-order valence-electron chi connectivity index (χ0n) is 11.1. The summed E-state index contributed by atoms with van der Waals surface area (Å²) in [6.07, 6.45) is 10.4. The third-order valence-corrected chi connectivity index (χ3v) is 2.58. The van der Waals surface area contributed by atoms with E-state index in [0.29, 0.717) is 0 Å². The lowest BCUT2D eigenvalue weighted by Gasteiger charge is -2.05. The van der Waals surface area contributed by atoms with Crippen molar-refractivity contribution in [2.45, 2.75) is 20.8 Å². The zero-order valence-corrected chi connectivity index (χ0v) is 11.1. The van der Waals surface area contributed by atoms with Gasteiger partial charge in [0.1, 0.15) is 5.83 Å². The molecule has 0 amide bonds. The van der Waals surface area contributed by atoms with E-state index >= 15 is 0 Å². The first-order chi connectivity index (χ1) is 8.54. The van der Waals surface area contributed by atoms with E-state index in [9.17, 15) is 4.39 Å². The van der Waals surface area contributed by atoms with E-state index in [1.807, 2.05) is 39.1 Å². The van der Waals surface area contributed by atoms with Crippen LogP contribution in [-0.2, 0) is 0 Å². The van der Waals surface area contributed by atoms with Gasteiger partial charge in [0, 0.05) is 6.20 Å². The minimum atomic E-state index is -0.451. The standard InChI is InChI=1S/C16H18FN/c1-5-12(2)16-13(3)10-15(11-18-16)9-7-6-8-14(4)17/h5-11H,4H2,1-3H3/b8-6-,9-7?,12-5-. The number of aromatic nitrogens is 1. The molecule has 0 atom stereocenters. The number of halogens is 1. The van der Waals surface area contributed by atoms with Gasteiger partial charge in [0.05, 0.1) is 5.69 Å². The van der Waals surface area contributed by atoms with Crippen LogP contribution in [0.1, 0.15) is 30.7 Å². The molecular weight excluding hydrogens is 225 g/mol. The summed E-state index contributed by atoms with van der Waals surface area (Å²) in [5.41, 5.74) is 4.31. The molecule has 1 rings (SSSR count). The lowest BCUT2D eigenvalue weighted by molar-refractivity contribution is 0.671. The van der Waals surface area contributed by atoms with E-state index in [0.717, 1.165) is 22.4 Å². The van der Waals surface area contributed by atoms with Gasteiger partial charge in [-0.2, -0.15) is 0 Å². The van der Waals surface area contributed by atoms with Gasteiger partial charge in [-0.05, 0) is 49.6 Å². The molecule has 0 fully saturated rings. The summed E-state index contributed by atoms with van der Waals surface area (Å²) in [5, 5.41) is 0. The summed E-state index contributed by atoms with van der Waals surface area (Å²) < 4.78 is 12.3. The molecule has 1 nitrogen and oxygen atoms in total. The van der Waals surface area contributed by atoms with Gasteiger partial charge in [-0.1, -0.05) is 30.9 Å². The van der Waals surface area contributed by atoms with Crippen LogP contribution in [0.15, 0.2) is 49.0 Å². The molecule has 1 aromatic heterocycles. The number of nitrogens with zero attached hydrogens (tertiary/aromatic N) is 1. The van der Waals surface area contributed by atoms with Gasteiger partial charge in [-0.25, -0.2) is 4.39 Å². The molecule has 0 unspecified atom stereocenters. The fraction of sp³-hybridized carbons (Fsp3) is 0.188. The predicted octanol–water partition coefficient (Wildman–Crippen LogP) is 4.87. The molecule has 0 radical (unpaired) electrons. The van der Waals surface area contributed by atoms with Crippen LogP contribution in [0, 0.1) is 6.92 Å². The van der Waals surface area contributed by atoms with Crippen LogP contribution in [0.2, 0.25) is 0 Å². The topological polar surface area (TPSA) is 12.9 Å². The normalized spacial score (nSPS) is 12.6. The maximum Gasteiger partial charge on any atom is 0.116 e. The van der Waals surface area contributed by atoms with Crippen LogP contribution >= 0.6 is 0 Å². The molecule has 2 heteroatoms. The van der Waals surface area contributed by atoms with Crippen LogP contribution < -0.4 is 0 Å². The molecule has 0 aromatic carbocycles. The molecule has 0 aliphatic heterocycles. The molecule has 0 N–H and O–H groups in total. The maximum absolute atomic E-state index is 12.3. The Kier molecular flexibility index (Phi) is 5.25. The van der Waals surface area contributed by atoms with Gasteiger partial charge in [-0.3, -0.25) is 4.98 Å². The Labute approximate surface area is 108 Å². The Bertz CT molecular complexity index is 522. The maximum atomic E-state index is 12.3. The van der Waals surface area contributed by atoms with Crippen LogP contribution in [0.5, 0.6) is 0 Å². The second-order valence-corrected chi connectivity index (χ2v) is 4.07. The molecule has 1 heterocycles. The first-order valence-corrected chi connectivity index (χ1v) is 5.83. The van der Waals surface area contributed by atoms with Crippen molar-refractivity contribution in [2.24, 2.45) is 0 Å². The fourth-order valence-electron chi connectivity index (χ4n) is 1.56. The number of aryl methyl sites for hydroxylation is 1. The minimum absolute atomic E-state index is 0.451. The molecule has 94 valence electrons. The van der Waals surface area contributed by atoms with Crippen LogP contribution in [0.4, 0.5) is 4.39 Å². The quantitative estimate of drug-likeness (QED) is 0.688. The van der Waals surface area contributed by atoms with Crippen molar-refractivity contribution in [3.63, 3.8) is 0 Å². The molecule has 18 heavy (non-hydrogen) atoms. The van der Waals surface area contributed by atoms with E-state index in [1.165, 1.54) is 6.08 Å². The van der Waals surface area contributed by atoms with Crippen LogP contribution in [0.3, 0.4) is 0 Å². The highest BCUT2D eigenvalue weighted by molar-refractivity contribution is 5.64. The average Bonchev–Trinajstić information content (AvgIpc) is 2.33. The first kappa shape index (κ1) is 14.1. The van der Waals surface area contributed by atoms with E-state index in [2.05, 4.69) is 17.6 Å². The van der Waals surface area contributed by atoms with Crippen molar-refractivity contribution in [2.75, 3.05) is 0 Å². The molecule has 0 saturated heterocycles. The number of hydrogen-bond donors (Lipinski definition) is 0. The van der Waals surface area contributed by atoms with Gasteiger partial charge >= 0.3 is 0 Å². The van der Waals surface area contributed by atoms with Gasteiger partial charge in [0.15, 0.2) is 0 Å². The summed E-state index contributed by atoms with van der Waals surface area (Å²) in [6.45, 7) is 9.22. The molecule has 0 spiro atoms. The third kappa shape index (κ3) is 4.13. The molecule has 1 aromatic rings. The van der Waals surface area contributed by atoms with E-state index in [-0.39, 0.29) is 0 Å². The molecule has 0 aliphatic carbocycles. The fourth-order valence-corrected chi connectivity index (χ4v) is 1.56. The highest BCUT2D eigenvalue weighted by Gasteiger charge is 2.01. The number of rotatable bonds is 4. The van der Waals surface area contributed by atoms with Crippen molar-refractivity contribution in [1.82, 2.24) is 4.98 Å². The zero-order chi connectivity index (χ0) is 13.5. The molecule has 0 saturated carbocycles. The highest BCUT2D eigenvalue weighted by atomic mass is 19.1. The Morgan fingerprint density at radius 3 is 2.67 bits per heavy atom.